The van der Waals surface area contributed by atoms with Crippen molar-refractivity contribution in [1.29, 1.82) is 0 Å². The molecule has 138 valence electrons. The molecule has 0 saturated carbocycles. The van der Waals surface area contributed by atoms with Gasteiger partial charge in [0.05, 0.1) is 24.5 Å². The van der Waals surface area contributed by atoms with Crippen LogP contribution in [0.4, 0.5) is 4.79 Å². The Hall–Kier alpha value is -2.54. The van der Waals surface area contributed by atoms with E-state index in [0.29, 0.717) is 31.9 Å². The number of halogens is 1. The highest BCUT2D eigenvalue weighted by Gasteiger charge is 2.31. The maximum absolute atomic E-state index is 12.4. The van der Waals surface area contributed by atoms with Crippen LogP contribution < -0.4 is 5.32 Å². The summed E-state index contributed by atoms with van der Waals surface area (Å²) in [6.45, 7) is 3.28. The number of alkyl halides is 1. The molecule has 1 N–H and O–H groups in total. The molecule has 1 aromatic heterocycles. The van der Waals surface area contributed by atoms with Crippen molar-refractivity contribution in [1.82, 2.24) is 20.0 Å². The Morgan fingerprint density at radius 2 is 2.08 bits per heavy atom. The molecule has 2 aromatic rings. The fourth-order valence-corrected chi connectivity index (χ4v) is 3.10. The highest BCUT2D eigenvalue weighted by molar-refractivity contribution is 6.18. The average Bonchev–Trinajstić information content (AvgIpc) is 3.06. The summed E-state index contributed by atoms with van der Waals surface area (Å²) in [5.41, 5.74) is 2.81. The smallest absolute Gasteiger partial charge is 0.359 e. The molecule has 1 aromatic carbocycles. The zero-order valence-electron chi connectivity index (χ0n) is 14.6. The number of benzene rings is 1. The molecule has 0 atom stereocenters. The van der Waals surface area contributed by atoms with Gasteiger partial charge in [0.15, 0.2) is 5.69 Å². The lowest BCUT2D eigenvalue weighted by Gasteiger charge is -2.27. The normalized spacial score (nSPS) is 13.2. The van der Waals surface area contributed by atoms with E-state index in [0.717, 1.165) is 16.9 Å². The standard InChI is InChI=1S/C18H21ClN4O3/c1-2-26-17(24)16-14-12-22(18(25)20-10-9-19)11-8-15(14)23(21-16)13-6-4-3-5-7-13/h3-7H,2,8-12H2,1H3,(H,20,25). The summed E-state index contributed by atoms with van der Waals surface area (Å²) in [5.74, 6) is -0.119. The number of hydrogen-bond acceptors (Lipinski definition) is 4. The monoisotopic (exact) mass is 376 g/mol. The van der Waals surface area contributed by atoms with Gasteiger partial charge >= 0.3 is 12.0 Å². The Bertz CT molecular complexity index is 791. The molecule has 7 nitrogen and oxygen atoms in total. The van der Waals surface area contributed by atoms with Gasteiger partial charge in [0.1, 0.15) is 0 Å². The van der Waals surface area contributed by atoms with Crippen LogP contribution in [0.5, 0.6) is 0 Å². The maximum Gasteiger partial charge on any atom is 0.359 e. The minimum Gasteiger partial charge on any atom is -0.461 e. The molecule has 3 rings (SSSR count). The van der Waals surface area contributed by atoms with Gasteiger partial charge in [-0.15, -0.1) is 11.6 Å². The van der Waals surface area contributed by atoms with Crippen LogP contribution in [0, 0.1) is 0 Å². The number of nitrogens with zero attached hydrogens (tertiary/aromatic N) is 3. The second kappa shape index (κ2) is 8.23. The topological polar surface area (TPSA) is 76.5 Å². The van der Waals surface area contributed by atoms with Crippen molar-refractivity contribution >= 4 is 23.6 Å². The molecule has 0 fully saturated rings. The first-order valence-electron chi connectivity index (χ1n) is 8.57. The second-order valence-corrected chi connectivity index (χ2v) is 6.21. The van der Waals surface area contributed by atoms with Gasteiger partial charge < -0.3 is 15.0 Å². The van der Waals surface area contributed by atoms with Crippen LogP contribution in [0.1, 0.15) is 28.7 Å². The summed E-state index contributed by atoms with van der Waals surface area (Å²) in [5, 5.41) is 7.26. The van der Waals surface area contributed by atoms with E-state index in [4.69, 9.17) is 16.3 Å². The predicted octanol–water partition coefficient (Wildman–Crippen LogP) is 2.36. The first kappa shape index (κ1) is 18.3. The van der Waals surface area contributed by atoms with Gasteiger partial charge in [-0.1, -0.05) is 18.2 Å². The highest BCUT2D eigenvalue weighted by atomic mass is 35.5. The number of esters is 1. The number of carbonyl (C=O) groups excluding carboxylic acids is 2. The van der Waals surface area contributed by atoms with Gasteiger partial charge in [-0.05, 0) is 19.1 Å². The molecule has 8 heteroatoms. The van der Waals surface area contributed by atoms with Crippen molar-refractivity contribution in [3.8, 4) is 5.69 Å². The number of ether oxygens (including phenoxy) is 1. The minimum absolute atomic E-state index is 0.196. The molecule has 0 aliphatic carbocycles. The van der Waals surface area contributed by atoms with Gasteiger partial charge in [-0.2, -0.15) is 5.10 Å². The predicted molar refractivity (Wildman–Crippen MR) is 97.8 cm³/mol. The summed E-state index contributed by atoms with van der Waals surface area (Å²) in [6, 6.07) is 9.43. The molecule has 0 radical (unpaired) electrons. The van der Waals surface area contributed by atoms with E-state index in [9.17, 15) is 9.59 Å². The van der Waals surface area contributed by atoms with Gasteiger partial charge in [0, 0.05) is 31.0 Å². The summed E-state index contributed by atoms with van der Waals surface area (Å²) < 4.78 is 6.93. The number of rotatable bonds is 5. The Morgan fingerprint density at radius 3 is 2.77 bits per heavy atom. The van der Waals surface area contributed by atoms with Gasteiger partial charge in [0.2, 0.25) is 0 Å². The van der Waals surface area contributed by atoms with Crippen LogP contribution in [0.3, 0.4) is 0 Å². The number of nitrogens with one attached hydrogen (secondary N) is 1. The second-order valence-electron chi connectivity index (χ2n) is 5.83. The number of carbonyl (C=O) groups is 2. The van der Waals surface area contributed by atoms with Crippen LogP contribution in [0.15, 0.2) is 30.3 Å². The molecule has 0 spiro atoms. The van der Waals surface area contributed by atoms with E-state index in [1.807, 2.05) is 30.3 Å². The van der Waals surface area contributed by atoms with E-state index in [1.165, 1.54) is 0 Å². The summed E-state index contributed by atoms with van der Waals surface area (Å²) >= 11 is 5.63. The molecule has 26 heavy (non-hydrogen) atoms. The number of para-hydroxylation sites is 1. The van der Waals surface area contributed by atoms with Crippen LogP contribution in [-0.4, -0.2) is 52.3 Å². The molecular weight excluding hydrogens is 356 g/mol. The van der Waals surface area contributed by atoms with E-state index < -0.39 is 5.97 Å². The van der Waals surface area contributed by atoms with Gasteiger partial charge in [-0.25, -0.2) is 14.3 Å². The number of hydrogen-bond donors (Lipinski definition) is 1. The zero-order chi connectivity index (χ0) is 18.5. The summed E-state index contributed by atoms with van der Waals surface area (Å²) in [4.78, 5) is 26.3. The van der Waals surface area contributed by atoms with Crippen LogP contribution in [-0.2, 0) is 17.7 Å². The third-order valence-electron chi connectivity index (χ3n) is 4.18. The highest BCUT2D eigenvalue weighted by Crippen LogP contribution is 2.26. The van der Waals surface area contributed by atoms with E-state index >= 15 is 0 Å². The molecule has 1 aliphatic heterocycles. The van der Waals surface area contributed by atoms with Crippen LogP contribution >= 0.6 is 11.6 Å². The number of amides is 2. The Balaban J connectivity index is 1.96. The van der Waals surface area contributed by atoms with Crippen LogP contribution in [0.25, 0.3) is 5.69 Å². The molecule has 2 heterocycles. The Kier molecular flexibility index (Phi) is 5.78. The van der Waals surface area contributed by atoms with Gasteiger partial charge in [0.25, 0.3) is 0 Å². The van der Waals surface area contributed by atoms with Crippen molar-refractivity contribution in [3.05, 3.63) is 47.3 Å². The molecule has 0 saturated heterocycles. The fourth-order valence-electron chi connectivity index (χ4n) is 3.00. The van der Waals surface area contributed by atoms with E-state index in [-0.39, 0.29) is 18.3 Å². The largest absolute Gasteiger partial charge is 0.461 e. The molecular formula is C18H21ClN4O3. The fraction of sp³-hybridized carbons (Fsp3) is 0.389. The van der Waals surface area contributed by atoms with Crippen molar-refractivity contribution < 1.29 is 14.3 Å². The van der Waals surface area contributed by atoms with Crippen molar-refractivity contribution in [2.24, 2.45) is 0 Å². The number of aromatic nitrogens is 2. The summed E-state index contributed by atoms with van der Waals surface area (Å²) in [6.07, 6.45) is 0.602. The lowest BCUT2D eigenvalue weighted by Crippen LogP contribution is -2.43. The summed E-state index contributed by atoms with van der Waals surface area (Å²) in [7, 11) is 0. The third kappa shape index (κ3) is 3.67. The average molecular weight is 377 g/mol. The van der Waals surface area contributed by atoms with Crippen LogP contribution in [0.2, 0.25) is 0 Å². The molecule has 1 aliphatic rings. The third-order valence-corrected chi connectivity index (χ3v) is 4.37. The number of fused-ring (bicyclic) bond motifs is 1. The Labute approximate surface area is 156 Å². The maximum atomic E-state index is 12.4. The lowest BCUT2D eigenvalue weighted by molar-refractivity contribution is 0.0516. The molecule has 0 unspecified atom stereocenters. The SMILES string of the molecule is CCOC(=O)c1nn(-c2ccccc2)c2c1CN(C(=O)NCCCl)CC2. The number of urea groups is 1. The van der Waals surface area contributed by atoms with Crippen molar-refractivity contribution in [2.45, 2.75) is 19.9 Å². The zero-order valence-corrected chi connectivity index (χ0v) is 15.3. The minimum atomic E-state index is -0.471. The Morgan fingerprint density at radius 1 is 1.31 bits per heavy atom. The van der Waals surface area contributed by atoms with E-state index in [2.05, 4.69) is 10.4 Å². The van der Waals surface area contributed by atoms with Crippen molar-refractivity contribution in [3.63, 3.8) is 0 Å². The van der Waals surface area contributed by atoms with Crippen molar-refractivity contribution in [2.75, 3.05) is 25.6 Å². The molecule has 2 amide bonds. The van der Waals surface area contributed by atoms with E-state index in [1.54, 1.807) is 16.5 Å². The first-order chi connectivity index (χ1) is 12.7. The quantitative estimate of drug-likeness (QED) is 0.642. The molecule has 0 bridgehead atoms. The lowest BCUT2D eigenvalue weighted by atomic mass is 10.1. The first-order valence-corrected chi connectivity index (χ1v) is 9.11. The van der Waals surface area contributed by atoms with Gasteiger partial charge in [-0.3, -0.25) is 0 Å².